The van der Waals surface area contributed by atoms with Crippen LogP contribution in [-0.4, -0.2) is 64.4 Å². The second kappa shape index (κ2) is 6.45. The minimum atomic E-state index is 0.119. The van der Waals surface area contributed by atoms with E-state index in [4.69, 9.17) is 15.2 Å². The zero-order chi connectivity index (χ0) is 16.4. The smallest absolute Gasteiger partial charge is 0.162 e. The highest BCUT2D eigenvalue weighted by Gasteiger charge is 2.39. The van der Waals surface area contributed by atoms with E-state index in [2.05, 4.69) is 34.3 Å². The Morgan fingerprint density at radius 2 is 1.83 bits per heavy atom. The van der Waals surface area contributed by atoms with Crippen LogP contribution < -0.4 is 25.4 Å². The zero-order valence-corrected chi connectivity index (χ0v) is 14.4. The van der Waals surface area contributed by atoms with Gasteiger partial charge >= 0.3 is 0 Å². The number of methoxy groups -OCH3 is 2. The molecule has 6 nitrogen and oxygen atoms in total. The Balaban J connectivity index is 1.97. The Bertz CT molecular complexity index is 556. The number of nitrogens with zero attached hydrogens (tertiary/aromatic N) is 2. The maximum Gasteiger partial charge on any atom is 0.162 e. The molecule has 3 rings (SSSR count). The minimum Gasteiger partial charge on any atom is -0.493 e. The van der Waals surface area contributed by atoms with E-state index in [1.165, 1.54) is 0 Å². The molecule has 1 spiro atoms. The summed E-state index contributed by atoms with van der Waals surface area (Å²) in [5.74, 6) is 1.52. The molecular weight excluding hydrogens is 292 g/mol. The van der Waals surface area contributed by atoms with E-state index in [1.54, 1.807) is 14.2 Å². The summed E-state index contributed by atoms with van der Waals surface area (Å²) in [6, 6.07) is 4.11. The van der Waals surface area contributed by atoms with Crippen LogP contribution in [0.15, 0.2) is 12.1 Å². The molecule has 23 heavy (non-hydrogen) atoms. The molecule has 2 heterocycles. The molecule has 3 N–H and O–H groups in total. The van der Waals surface area contributed by atoms with E-state index in [0.717, 1.165) is 61.9 Å². The van der Waals surface area contributed by atoms with E-state index in [9.17, 15) is 0 Å². The standard InChI is InChI=1S/C17H28N4O2/c1-20-7-4-17(5-8-20)12-21(9-6-18)14-11-16(23-3)15(22-2)10-13(14)19-17/h10-11,19H,4-9,12,18H2,1-3H3. The monoisotopic (exact) mass is 320 g/mol. The lowest BCUT2D eigenvalue weighted by Gasteiger charge is -2.49. The van der Waals surface area contributed by atoms with E-state index >= 15 is 0 Å². The van der Waals surface area contributed by atoms with Crippen LogP contribution >= 0.6 is 0 Å². The van der Waals surface area contributed by atoms with Gasteiger partial charge in [0.2, 0.25) is 0 Å². The van der Waals surface area contributed by atoms with Gasteiger partial charge in [0.15, 0.2) is 11.5 Å². The molecule has 1 saturated heterocycles. The number of fused-ring (bicyclic) bond motifs is 1. The second-order valence-electron chi connectivity index (χ2n) is 6.64. The van der Waals surface area contributed by atoms with E-state index < -0.39 is 0 Å². The van der Waals surface area contributed by atoms with Crippen LogP contribution in [-0.2, 0) is 0 Å². The Morgan fingerprint density at radius 1 is 1.17 bits per heavy atom. The highest BCUT2D eigenvalue weighted by Crippen LogP contribution is 2.44. The van der Waals surface area contributed by atoms with Crippen LogP contribution in [0.2, 0.25) is 0 Å². The lowest BCUT2D eigenvalue weighted by molar-refractivity contribution is 0.204. The average Bonchev–Trinajstić information content (AvgIpc) is 2.57. The quantitative estimate of drug-likeness (QED) is 0.873. The van der Waals surface area contributed by atoms with Crippen molar-refractivity contribution in [3.8, 4) is 11.5 Å². The molecule has 0 aliphatic carbocycles. The van der Waals surface area contributed by atoms with Gasteiger partial charge in [-0.2, -0.15) is 0 Å². The van der Waals surface area contributed by atoms with E-state index in [-0.39, 0.29) is 5.54 Å². The molecule has 1 fully saturated rings. The third-order valence-electron chi connectivity index (χ3n) is 5.08. The van der Waals surface area contributed by atoms with Gasteiger partial charge in [-0.3, -0.25) is 0 Å². The molecule has 2 aliphatic rings. The number of ether oxygens (including phenoxy) is 2. The maximum atomic E-state index is 5.86. The molecule has 0 unspecified atom stereocenters. The number of rotatable bonds is 4. The summed E-state index contributed by atoms with van der Waals surface area (Å²) >= 11 is 0. The first-order valence-electron chi connectivity index (χ1n) is 8.28. The third-order valence-corrected chi connectivity index (χ3v) is 5.08. The van der Waals surface area contributed by atoms with Gasteiger partial charge in [0.25, 0.3) is 0 Å². The van der Waals surface area contributed by atoms with Crippen molar-refractivity contribution in [3.63, 3.8) is 0 Å². The average molecular weight is 320 g/mol. The summed E-state index contributed by atoms with van der Waals surface area (Å²) in [5.41, 5.74) is 8.24. The largest absolute Gasteiger partial charge is 0.493 e. The van der Waals surface area contributed by atoms with Crippen LogP contribution in [0.5, 0.6) is 11.5 Å². The Hall–Kier alpha value is -1.66. The number of piperidine rings is 1. The van der Waals surface area contributed by atoms with Crippen molar-refractivity contribution in [1.29, 1.82) is 0 Å². The van der Waals surface area contributed by atoms with Crippen molar-refractivity contribution >= 4 is 11.4 Å². The number of nitrogens with one attached hydrogen (secondary N) is 1. The van der Waals surface area contributed by atoms with Crippen LogP contribution in [0.1, 0.15) is 12.8 Å². The van der Waals surface area contributed by atoms with E-state index in [0.29, 0.717) is 6.54 Å². The summed E-state index contributed by atoms with van der Waals surface area (Å²) in [6.07, 6.45) is 2.27. The summed E-state index contributed by atoms with van der Waals surface area (Å²) in [7, 11) is 5.54. The van der Waals surface area contributed by atoms with Gasteiger partial charge in [-0.05, 0) is 19.9 Å². The molecule has 0 radical (unpaired) electrons. The normalized spacial score (nSPS) is 20.1. The second-order valence-corrected chi connectivity index (χ2v) is 6.64. The van der Waals surface area contributed by atoms with Crippen molar-refractivity contribution in [2.24, 2.45) is 5.73 Å². The molecule has 6 heteroatoms. The highest BCUT2D eigenvalue weighted by molar-refractivity contribution is 5.78. The Labute approximate surface area is 138 Å². The van der Waals surface area contributed by atoms with Crippen LogP contribution in [0.25, 0.3) is 0 Å². The summed E-state index contributed by atoms with van der Waals surface area (Å²) in [4.78, 5) is 4.78. The van der Waals surface area contributed by atoms with Crippen LogP contribution in [0.4, 0.5) is 11.4 Å². The molecule has 1 aromatic carbocycles. The summed E-state index contributed by atoms with van der Waals surface area (Å²) in [6.45, 7) is 4.71. The summed E-state index contributed by atoms with van der Waals surface area (Å²) in [5, 5.41) is 3.80. The predicted molar refractivity (Wildman–Crippen MR) is 93.9 cm³/mol. The van der Waals surface area contributed by atoms with E-state index in [1.807, 2.05) is 0 Å². The fraction of sp³-hybridized carbons (Fsp3) is 0.647. The van der Waals surface area contributed by atoms with Crippen molar-refractivity contribution < 1.29 is 9.47 Å². The molecule has 128 valence electrons. The topological polar surface area (TPSA) is 63.0 Å². The van der Waals surface area contributed by atoms with Gasteiger partial charge in [0, 0.05) is 44.9 Å². The third kappa shape index (κ3) is 3.05. The number of nitrogens with two attached hydrogens (primary N) is 1. The number of likely N-dealkylation sites (tertiary alicyclic amines) is 1. The first-order chi connectivity index (χ1) is 11.1. The molecule has 0 amide bonds. The van der Waals surface area contributed by atoms with Crippen molar-refractivity contribution in [1.82, 2.24) is 4.90 Å². The van der Waals surface area contributed by atoms with Gasteiger partial charge in [-0.1, -0.05) is 0 Å². The Morgan fingerprint density at radius 3 is 2.43 bits per heavy atom. The molecule has 1 aromatic rings. The van der Waals surface area contributed by atoms with Crippen LogP contribution in [0.3, 0.4) is 0 Å². The minimum absolute atomic E-state index is 0.119. The number of hydrogen-bond donors (Lipinski definition) is 2. The van der Waals surface area contributed by atoms with Gasteiger partial charge in [-0.15, -0.1) is 0 Å². The van der Waals surface area contributed by atoms with Gasteiger partial charge in [0.05, 0.1) is 31.1 Å². The zero-order valence-electron chi connectivity index (χ0n) is 14.4. The fourth-order valence-electron chi connectivity index (χ4n) is 3.69. The van der Waals surface area contributed by atoms with Crippen molar-refractivity contribution in [3.05, 3.63) is 12.1 Å². The predicted octanol–water partition coefficient (Wildman–Crippen LogP) is 1.36. The lowest BCUT2D eigenvalue weighted by Crippen LogP contribution is -2.58. The van der Waals surface area contributed by atoms with Crippen molar-refractivity contribution in [2.75, 3.05) is 64.2 Å². The van der Waals surface area contributed by atoms with Gasteiger partial charge < -0.3 is 30.3 Å². The summed E-state index contributed by atoms with van der Waals surface area (Å²) < 4.78 is 10.9. The van der Waals surface area contributed by atoms with Gasteiger partial charge in [0.1, 0.15) is 0 Å². The molecule has 0 atom stereocenters. The Kier molecular flexibility index (Phi) is 4.55. The molecule has 2 aliphatic heterocycles. The molecule has 0 aromatic heterocycles. The first-order valence-corrected chi connectivity index (χ1v) is 8.28. The number of benzene rings is 1. The van der Waals surface area contributed by atoms with Crippen molar-refractivity contribution in [2.45, 2.75) is 18.4 Å². The number of anilines is 2. The first kappa shape index (κ1) is 16.2. The molecule has 0 bridgehead atoms. The molecule has 0 saturated carbocycles. The highest BCUT2D eigenvalue weighted by atomic mass is 16.5. The number of hydrogen-bond acceptors (Lipinski definition) is 6. The maximum absolute atomic E-state index is 5.86. The van der Waals surface area contributed by atoms with Gasteiger partial charge in [-0.25, -0.2) is 0 Å². The molecular formula is C17H28N4O2. The van der Waals surface area contributed by atoms with Crippen LogP contribution in [0, 0.1) is 0 Å². The lowest BCUT2D eigenvalue weighted by atomic mass is 9.84. The SMILES string of the molecule is COc1cc2c(cc1OC)N(CCN)CC1(CCN(C)CC1)N2. The fourth-order valence-corrected chi connectivity index (χ4v) is 3.69.